The van der Waals surface area contributed by atoms with Crippen LogP contribution < -0.4 is 0 Å². The van der Waals surface area contributed by atoms with Gasteiger partial charge in [0.1, 0.15) is 5.75 Å². The predicted octanol–water partition coefficient (Wildman–Crippen LogP) is 3.35. The van der Waals surface area contributed by atoms with Gasteiger partial charge in [-0.25, -0.2) is 8.42 Å². The van der Waals surface area contributed by atoms with Crippen LogP contribution in [0.5, 0.6) is 0 Å². The maximum Gasteiger partial charge on any atom is 0.417 e. The van der Waals surface area contributed by atoms with E-state index in [0.29, 0.717) is 6.07 Å². The van der Waals surface area contributed by atoms with E-state index in [1.54, 1.807) is 19.3 Å². The zero-order valence-electron chi connectivity index (χ0n) is 11.8. The molecule has 9 heteroatoms. The number of carbonyl (C=O) groups is 1. The molecule has 0 atom stereocenters. The van der Waals surface area contributed by atoms with Crippen LogP contribution in [-0.2, 0) is 23.1 Å². The normalized spacial score (nSPS) is 12.4. The van der Waals surface area contributed by atoms with E-state index in [1.807, 2.05) is 0 Å². The number of Topliss-reactive ketones (excluding diaryl/α,β-unsaturated/α-hetero) is 1. The van der Waals surface area contributed by atoms with Crippen LogP contribution in [0.3, 0.4) is 0 Å². The first kappa shape index (κ1) is 17.6. The van der Waals surface area contributed by atoms with Crippen LogP contribution in [0.1, 0.15) is 16.1 Å². The second kappa shape index (κ2) is 6.01. The molecule has 23 heavy (non-hydrogen) atoms. The van der Waals surface area contributed by atoms with Crippen LogP contribution in [-0.4, -0.2) is 24.5 Å². The Balaban J connectivity index is 2.37. The van der Waals surface area contributed by atoms with Gasteiger partial charge in [-0.15, -0.1) is 0 Å². The second-order valence-corrected chi connectivity index (χ2v) is 7.22. The van der Waals surface area contributed by atoms with Gasteiger partial charge < -0.3 is 4.57 Å². The summed E-state index contributed by atoms with van der Waals surface area (Å²) in [6.07, 6.45) is -3.23. The highest BCUT2D eigenvalue weighted by molar-refractivity contribution is 7.92. The number of sulfone groups is 1. The molecular weight excluding hydrogens is 355 g/mol. The number of alkyl halides is 3. The third kappa shape index (κ3) is 3.76. The summed E-state index contributed by atoms with van der Waals surface area (Å²) < 4.78 is 64.2. The first-order chi connectivity index (χ1) is 10.5. The van der Waals surface area contributed by atoms with E-state index in [0.717, 1.165) is 12.1 Å². The van der Waals surface area contributed by atoms with Crippen molar-refractivity contribution in [3.8, 4) is 0 Å². The van der Waals surface area contributed by atoms with Gasteiger partial charge in [-0.2, -0.15) is 13.2 Å². The third-order valence-corrected chi connectivity index (χ3v) is 5.10. The Labute approximate surface area is 135 Å². The van der Waals surface area contributed by atoms with Crippen LogP contribution >= 0.6 is 11.6 Å². The fourth-order valence-electron chi connectivity index (χ4n) is 2.00. The molecule has 1 aromatic carbocycles. The Bertz CT molecular complexity index is 856. The summed E-state index contributed by atoms with van der Waals surface area (Å²) in [7, 11) is -2.66. The highest BCUT2D eigenvalue weighted by atomic mass is 35.5. The molecule has 0 N–H and O–H groups in total. The molecule has 2 rings (SSSR count). The number of nitrogens with zero attached hydrogens (tertiary/aromatic N) is 1. The monoisotopic (exact) mass is 365 g/mol. The van der Waals surface area contributed by atoms with Crippen molar-refractivity contribution in [3.05, 3.63) is 52.8 Å². The lowest BCUT2D eigenvalue weighted by Crippen LogP contribution is -2.19. The lowest BCUT2D eigenvalue weighted by molar-refractivity contribution is -0.137. The van der Waals surface area contributed by atoms with Crippen molar-refractivity contribution in [2.45, 2.75) is 11.1 Å². The van der Waals surface area contributed by atoms with Crippen LogP contribution in [0.25, 0.3) is 0 Å². The number of hydrogen-bond acceptors (Lipinski definition) is 3. The van der Waals surface area contributed by atoms with E-state index < -0.39 is 43.0 Å². The van der Waals surface area contributed by atoms with Crippen LogP contribution in [0.2, 0.25) is 5.02 Å². The Morgan fingerprint density at radius 1 is 1.26 bits per heavy atom. The maximum absolute atomic E-state index is 12.8. The van der Waals surface area contributed by atoms with Gasteiger partial charge in [-0.3, -0.25) is 4.79 Å². The minimum Gasteiger partial charge on any atom is -0.348 e. The topological polar surface area (TPSA) is 56.1 Å². The minimum absolute atomic E-state index is 0.151. The van der Waals surface area contributed by atoms with E-state index in [9.17, 15) is 26.4 Å². The van der Waals surface area contributed by atoms with Gasteiger partial charge in [0.2, 0.25) is 0 Å². The molecule has 1 aromatic heterocycles. The van der Waals surface area contributed by atoms with E-state index in [-0.39, 0.29) is 5.69 Å². The number of aromatic nitrogens is 1. The molecule has 1 heterocycles. The van der Waals surface area contributed by atoms with Gasteiger partial charge in [0, 0.05) is 13.2 Å². The third-order valence-electron chi connectivity index (χ3n) is 3.15. The standard InChI is InChI=1S/C14H11ClF3NO3S/c1-19-6-2-3-12(19)13(20)8-23(21,22)9-4-5-11(15)10(7-9)14(16,17)18/h2-7H,8H2,1H3. The number of aryl methyl sites for hydroxylation is 1. The molecule has 0 saturated heterocycles. The summed E-state index contributed by atoms with van der Waals surface area (Å²) in [4.78, 5) is 11.4. The van der Waals surface area contributed by atoms with E-state index >= 15 is 0 Å². The number of rotatable bonds is 4. The SMILES string of the molecule is Cn1cccc1C(=O)CS(=O)(=O)c1ccc(Cl)c(C(F)(F)F)c1. The lowest BCUT2D eigenvalue weighted by Gasteiger charge is -2.11. The van der Waals surface area contributed by atoms with Crippen LogP contribution in [0, 0.1) is 0 Å². The van der Waals surface area contributed by atoms with Crippen molar-refractivity contribution in [2.75, 3.05) is 5.75 Å². The smallest absolute Gasteiger partial charge is 0.348 e. The van der Waals surface area contributed by atoms with Crippen molar-refractivity contribution < 1.29 is 26.4 Å². The molecule has 0 amide bonds. The van der Waals surface area contributed by atoms with Crippen LogP contribution in [0.15, 0.2) is 41.4 Å². The summed E-state index contributed by atoms with van der Waals surface area (Å²) in [6.45, 7) is 0. The highest BCUT2D eigenvalue weighted by Crippen LogP contribution is 2.36. The lowest BCUT2D eigenvalue weighted by atomic mass is 10.2. The molecular formula is C14H11ClF3NO3S. The fourth-order valence-corrected chi connectivity index (χ4v) is 3.45. The molecule has 4 nitrogen and oxygen atoms in total. The summed E-state index contributed by atoms with van der Waals surface area (Å²) in [5.41, 5.74) is -1.11. The van der Waals surface area contributed by atoms with Gasteiger partial charge in [-0.05, 0) is 30.3 Å². The number of halogens is 4. The molecule has 0 unspecified atom stereocenters. The highest BCUT2D eigenvalue weighted by Gasteiger charge is 2.35. The molecule has 0 bridgehead atoms. The molecule has 2 aromatic rings. The largest absolute Gasteiger partial charge is 0.417 e. The van der Waals surface area contributed by atoms with E-state index in [2.05, 4.69) is 0 Å². The Morgan fingerprint density at radius 2 is 1.91 bits per heavy atom. The summed E-state index contributed by atoms with van der Waals surface area (Å²) >= 11 is 5.45. The first-order valence-corrected chi connectivity index (χ1v) is 8.29. The average Bonchev–Trinajstić information content (AvgIpc) is 2.83. The number of ketones is 1. The fraction of sp³-hybridized carbons (Fsp3) is 0.214. The van der Waals surface area contributed by atoms with Crippen molar-refractivity contribution in [2.24, 2.45) is 7.05 Å². The van der Waals surface area contributed by atoms with Gasteiger partial charge in [0.25, 0.3) is 0 Å². The zero-order valence-corrected chi connectivity index (χ0v) is 13.3. The average molecular weight is 366 g/mol. The molecule has 0 spiro atoms. The van der Waals surface area contributed by atoms with Crippen molar-refractivity contribution in [3.63, 3.8) is 0 Å². The quantitative estimate of drug-likeness (QED) is 0.781. The zero-order chi connectivity index (χ0) is 17.4. The van der Waals surface area contributed by atoms with Gasteiger partial charge in [-0.1, -0.05) is 11.6 Å². The number of benzene rings is 1. The van der Waals surface area contributed by atoms with Crippen molar-refractivity contribution in [1.82, 2.24) is 4.57 Å². The Kier molecular flexibility index (Phi) is 4.59. The molecule has 0 aliphatic heterocycles. The van der Waals surface area contributed by atoms with Gasteiger partial charge in [0.15, 0.2) is 15.6 Å². The first-order valence-electron chi connectivity index (χ1n) is 6.26. The molecule has 0 aliphatic rings. The number of carbonyl (C=O) groups excluding carboxylic acids is 1. The van der Waals surface area contributed by atoms with Crippen LogP contribution in [0.4, 0.5) is 13.2 Å². The van der Waals surface area contributed by atoms with E-state index in [1.165, 1.54) is 10.6 Å². The van der Waals surface area contributed by atoms with Gasteiger partial charge in [0.05, 0.1) is 21.2 Å². The van der Waals surface area contributed by atoms with E-state index in [4.69, 9.17) is 11.6 Å². The number of hydrogen-bond donors (Lipinski definition) is 0. The molecule has 0 aliphatic carbocycles. The minimum atomic E-state index is -4.79. The molecule has 0 radical (unpaired) electrons. The Morgan fingerprint density at radius 3 is 2.43 bits per heavy atom. The second-order valence-electron chi connectivity index (χ2n) is 4.83. The molecule has 0 saturated carbocycles. The van der Waals surface area contributed by atoms with Crippen molar-refractivity contribution in [1.29, 1.82) is 0 Å². The predicted molar refractivity (Wildman–Crippen MR) is 78.3 cm³/mol. The summed E-state index contributed by atoms with van der Waals surface area (Å²) in [5.74, 6) is -1.63. The van der Waals surface area contributed by atoms with Gasteiger partial charge >= 0.3 is 6.18 Å². The molecule has 124 valence electrons. The summed E-state index contributed by atoms with van der Waals surface area (Å²) in [5, 5.41) is -0.606. The maximum atomic E-state index is 12.8. The Hall–Kier alpha value is -1.80. The summed E-state index contributed by atoms with van der Waals surface area (Å²) in [6, 6.07) is 5.23. The van der Waals surface area contributed by atoms with Crippen molar-refractivity contribution >= 4 is 27.2 Å². The molecule has 0 fully saturated rings.